The molecule has 3 N–H and O–H groups in total. The summed E-state index contributed by atoms with van der Waals surface area (Å²) in [5.41, 5.74) is 6.19. The van der Waals surface area contributed by atoms with Gasteiger partial charge >= 0.3 is 6.03 Å². The number of thiophene rings is 1. The molecule has 0 aliphatic carbocycles. The van der Waals surface area contributed by atoms with Crippen LogP contribution in [0.5, 0.6) is 0 Å². The molecule has 25 heavy (non-hydrogen) atoms. The predicted molar refractivity (Wildman–Crippen MR) is 101 cm³/mol. The normalized spacial score (nSPS) is 15.4. The van der Waals surface area contributed by atoms with E-state index in [4.69, 9.17) is 15.7 Å². The van der Waals surface area contributed by atoms with E-state index in [2.05, 4.69) is 16.3 Å². The van der Waals surface area contributed by atoms with Crippen LogP contribution < -0.4 is 16.0 Å². The maximum atomic E-state index is 11.0. The molecule has 0 radical (unpaired) electrons. The Hall–Kier alpha value is -2.67. The van der Waals surface area contributed by atoms with Crippen LogP contribution in [0.3, 0.4) is 0 Å². The Morgan fingerprint density at radius 3 is 2.68 bits per heavy atom. The van der Waals surface area contributed by atoms with E-state index in [0.717, 1.165) is 53.4 Å². The number of nitrogens with zero attached hydrogens (tertiary/aromatic N) is 3. The molecule has 1 aliphatic heterocycles. The topological polar surface area (TPSA) is 84.1 Å². The number of nitrogens with one attached hydrogen (secondary N) is 1. The monoisotopic (exact) mass is 353 g/mol. The first kappa shape index (κ1) is 15.8. The molecule has 3 heterocycles. The molecule has 6 nitrogen and oxygen atoms in total. The van der Waals surface area contributed by atoms with Gasteiger partial charge in [0.1, 0.15) is 5.82 Å². The molecule has 0 bridgehead atoms. The number of para-hydroxylation sites is 1. The summed E-state index contributed by atoms with van der Waals surface area (Å²) in [5.74, 6) is 1.73. The van der Waals surface area contributed by atoms with Crippen LogP contribution in [0, 0.1) is 0 Å². The molecule has 0 spiro atoms. The van der Waals surface area contributed by atoms with Crippen LogP contribution >= 0.6 is 11.3 Å². The van der Waals surface area contributed by atoms with Crippen LogP contribution in [0.25, 0.3) is 21.6 Å². The number of anilines is 1. The highest BCUT2D eigenvalue weighted by atomic mass is 32.1. The highest BCUT2D eigenvalue weighted by Gasteiger charge is 2.23. The van der Waals surface area contributed by atoms with Crippen molar-refractivity contribution in [2.45, 2.75) is 18.9 Å². The average Bonchev–Trinajstić information content (AvgIpc) is 3.16. The average molecular weight is 353 g/mol. The number of nitrogens with two attached hydrogens (primary N) is 1. The highest BCUT2D eigenvalue weighted by molar-refractivity contribution is 7.13. The summed E-state index contributed by atoms with van der Waals surface area (Å²) in [6.45, 7) is 1.66. The van der Waals surface area contributed by atoms with Crippen molar-refractivity contribution >= 4 is 34.1 Å². The van der Waals surface area contributed by atoms with Gasteiger partial charge in [0, 0.05) is 24.5 Å². The number of rotatable bonds is 3. The second kappa shape index (κ2) is 6.68. The van der Waals surface area contributed by atoms with Crippen molar-refractivity contribution in [3.05, 3.63) is 41.8 Å². The maximum absolute atomic E-state index is 11.0. The first-order valence-electron chi connectivity index (χ1n) is 8.32. The number of benzene rings is 1. The van der Waals surface area contributed by atoms with E-state index in [1.165, 1.54) is 0 Å². The van der Waals surface area contributed by atoms with Crippen molar-refractivity contribution in [2.75, 3.05) is 18.0 Å². The molecule has 1 fully saturated rings. The molecule has 7 heteroatoms. The molecule has 128 valence electrons. The van der Waals surface area contributed by atoms with Gasteiger partial charge in [-0.2, -0.15) is 0 Å². The number of amides is 2. The van der Waals surface area contributed by atoms with Crippen molar-refractivity contribution in [3.8, 4) is 10.7 Å². The van der Waals surface area contributed by atoms with Crippen molar-refractivity contribution in [1.29, 1.82) is 0 Å². The molecular weight excluding hydrogens is 334 g/mol. The van der Waals surface area contributed by atoms with Crippen LogP contribution in [-0.2, 0) is 0 Å². The molecule has 3 aromatic rings. The molecule has 0 saturated carbocycles. The van der Waals surface area contributed by atoms with E-state index in [1.54, 1.807) is 11.3 Å². The van der Waals surface area contributed by atoms with Gasteiger partial charge in [-0.05, 0) is 36.4 Å². The lowest BCUT2D eigenvalue weighted by Crippen LogP contribution is -2.46. The molecule has 4 rings (SSSR count). The molecule has 0 unspecified atom stereocenters. The summed E-state index contributed by atoms with van der Waals surface area (Å²) in [7, 11) is 0. The number of aromatic nitrogens is 2. The van der Waals surface area contributed by atoms with Gasteiger partial charge in [0.2, 0.25) is 0 Å². The molecule has 1 aliphatic rings. The molecule has 2 aromatic heterocycles. The largest absolute Gasteiger partial charge is 0.356 e. The Kier molecular flexibility index (Phi) is 4.23. The van der Waals surface area contributed by atoms with E-state index in [0.29, 0.717) is 0 Å². The third-order valence-corrected chi connectivity index (χ3v) is 5.33. The lowest BCUT2D eigenvalue weighted by molar-refractivity contribution is 0.242. The first-order valence-corrected chi connectivity index (χ1v) is 9.20. The van der Waals surface area contributed by atoms with Crippen LogP contribution in [-0.4, -0.2) is 35.1 Å². The van der Waals surface area contributed by atoms with Crippen molar-refractivity contribution in [3.63, 3.8) is 0 Å². The van der Waals surface area contributed by atoms with Crippen LogP contribution in [0.2, 0.25) is 0 Å². The highest BCUT2D eigenvalue weighted by Crippen LogP contribution is 2.30. The van der Waals surface area contributed by atoms with Gasteiger partial charge in [-0.1, -0.05) is 18.2 Å². The van der Waals surface area contributed by atoms with Crippen molar-refractivity contribution < 1.29 is 4.79 Å². The van der Waals surface area contributed by atoms with Gasteiger partial charge in [-0.15, -0.1) is 11.3 Å². The summed E-state index contributed by atoms with van der Waals surface area (Å²) in [4.78, 5) is 24.0. The van der Waals surface area contributed by atoms with Gasteiger partial charge < -0.3 is 16.0 Å². The Labute approximate surface area is 149 Å². The fraction of sp³-hybridized carbons (Fsp3) is 0.278. The van der Waals surface area contributed by atoms with E-state index in [9.17, 15) is 4.79 Å². The Morgan fingerprint density at radius 1 is 1.16 bits per heavy atom. The number of carbonyl (C=O) groups is 1. The number of urea groups is 1. The lowest BCUT2D eigenvalue weighted by atomic mass is 10.0. The zero-order valence-corrected chi connectivity index (χ0v) is 14.5. The fourth-order valence-corrected chi connectivity index (χ4v) is 3.91. The third kappa shape index (κ3) is 3.28. The molecule has 2 amide bonds. The summed E-state index contributed by atoms with van der Waals surface area (Å²) < 4.78 is 0. The Bertz CT molecular complexity index is 888. The number of fused-ring (bicyclic) bond motifs is 1. The van der Waals surface area contributed by atoms with Gasteiger partial charge in [0.25, 0.3) is 0 Å². The standard InChI is InChI=1S/C18H19N5OS/c19-18(24)20-12-7-9-23(10-8-12)17-13-4-1-2-5-14(13)21-16(22-17)15-6-3-11-25-15/h1-6,11-12H,7-10H2,(H3,19,20,24). The van der Waals surface area contributed by atoms with Crippen molar-refractivity contribution in [2.24, 2.45) is 5.73 Å². The van der Waals surface area contributed by atoms with Crippen molar-refractivity contribution in [1.82, 2.24) is 15.3 Å². The number of piperidine rings is 1. The second-order valence-electron chi connectivity index (χ2n) is 6.14. The van der Waals surface area contributed by atoms with Gasteiger partial charge in [-0.25, -0.2) is 14.8 Å². The van der Waals surface area contributed by atoms with E-state index in [1.807, 2.05) is 35.7 Å². The van der Waals surface area contributed by atoms with E-state index >= 15 is 0 Å². The molecule has 0 atom stereocenters. The lowest BCUT2D eigenvalue weighted by Gasteiger charge is -2.33. The number of hydrogen-bond donors (Lipinski definition) is 2. The zero-order valence-electron chi connectivity index (χ0n) is 13.7. The number of hydrogen-bond acceptors (Lipinski definition) is 5. The zero-order chi connectivity index (χ0) is 17.2. The summed E-state index contributed by atoms with van der Waals surface area (Å²) in [5, 5.41) is 5.90. The van der Waals surface area contributed by atoms with Crippen LogP contribution in [0.15, 0.2) is 41.8 Å². The van der Waals surface area contributed by atoms with Gasteiger partial charge in [-0.3, -0.25) is 0 Å². The van der Waals surface area contributed by atoms with Gasteiger partial charge in [0.05, 0.1) is 10.4 Å². The summed E-state index contributed by atoms with van der Waals surface area (Å²) in [6, 6.07) is 11.8. The second-order valence-corrected chi connectivity index (χ2v) is 7.08. The first-order chi connectivity index (χ1) is 12.2. The molecule has 1 saturated heterocycles. The van der Waals surface area contributed by atoms with E-state index in [-0.39, 0.29) is 6.04 Å². The Balaban J connectivity index is 1.68. The molecular formula is C18H19N5OS. The van der Waals surface area contributed by atoms with E-state index < -0.39 is 6.03 Å². The van der Waals surface area contributed by atoms with Crippen LogP contribution in [0.1, 0.15) is 12.8 Å². The maximum Gasteiger partial charge on any atom is 0.312 e. The smallest absolute Gasteiger partial charge is 0.312 e. The SMILES string of the molecule is NC(=O)NC1CCN(c2nc(-c3cccs3)nc3ccccc23)CC1. The quantitative estimate of drug-likeness (QED) is 0.758. The summed E-state index contributed by atoms with van der Waals surface area (Å²) >= 11 is 1.64. The molecule has 1 aromatic carbocycles. The number of primary amides is 1. The predicted octanol–water partition coefficient (Wildman–Crippen LogP) is 3.00. The minimum absolute atomic E-state index is 0.138. The number of carbonyl (C=O) groups excluding carboxylic acids is 1. The minimum Gasteiger partial charge on any atom is -0.356 e. The third-order valence-electron chi connectivity index (χ3n) is 4.47. The summed E-state index contributed by atoms with van der Waals surface area (Å²) in [6.07, 6.45) is 1.71. The van der Waals surface area contributed by atoms with Gasteiger partial charge in [0.15, 0.2) is 5.82 Å². The van der Waals surface area contributed by atoms with Crippen LogP contribution in [0.4, 0.5) is 10.6 Å². The minimum atomic E-state index is -0.453. The Morgan fingerprint density at radius 2 is 1.96 bits per heavy atom. The fourth-order valence-electron chi connectivity index (χ4n) is 3.25.